The standard InChI is InChI=1S/C14H18N2O4S/c1-10(2)9-13(14(17)18)16-21(19,20)12-5-3-11(4-6-12)7-8-15/h3-6,10,13,16H,7,9H2,1-2H3,(H,17,18)/t13-/m1/s1. The predicted molar refractivity (Wildman–Crippen MR) is 77.0 cm³/mol. The molecule has 0 saturated heterocycles. The van der Waals surface area contributed by atoms with E-state index in [2.05, 4.69) is 4.72 Å². The number of carbonyl (C=O) groups is 1. The second kappa shape index (κ2) is 7.20. The van der Waals surface area contributed by atoms with Crippen LogP contribution in [0.4, 0.5) is 0 Å². The van der Waals surface area contributed by atoms with Crippen molar-refractivity contribution in [2.75, 3.05) is 0 Å². The molecule has 0 spiro atoms. The summed E-state index contributed by atoms with van der Waals surface area (Å²) in [5.41, 5.74) is 0.702. The van der Waals surface area contributed by atoms with E-state index in [-0.39, 0.29) is 23.7 Å². The molecule has 0 aromatic heterocycles. The molecule has 0 fully saturated rings. The lowest BCUT2D eigenvalue weighted by molar-refractivity contribution is -0.139. The Bertz CT molecular complexity index is 630. The second-order valence-corrected chi connectivity index (χ2v) is 6.83. The fraction of sp³-hybridized carbons (Fsp3) is 0.429. The summed E-state index contributed by atoms with van der Waals surface area (Å²) in [6.45, 7) is 3.64. The van der Waals surface area contributed by atoms with Gasteiger partial charge < -0.3 is 5.11 Å². The molecule has 21 heavy (non-hydrogen) atoms. The van der Waals surface area contributed by atoms with E-state index in [1.54, 1.807) is 0 Å². The van der Waals surface area contributed by atoms with Crippen molar-refractivity contribution in [2.45, 2.75) is 37.6 Å². The van der Waals surface area contributed by atoms with Crippen molar-refractivity contribution >= 4 is 16.0 Å². The van der Waals surface area contributed by atoms with Crippen molar-refractivity contribution in [3.05, 3.63) is 29.8 Å². The first kappa shape index (κ1) is 17.1. The molecule has 0 saturated carbocycles. The fourth-order valence-corrected chi connectivity index (χ4v) is 3.01. The zero-order valence-corrected chi connectivity index (χ0v) is 12.7. The number of benzene rings is 1. The van der Waals surface area contributed by atoms with Gasteiger partial charge >= 0.3 is 5.97 Å². The summed E-state index contributed by atoms with van der Waals surface area (Å²) in [7, 11) is -3.90. The van der Waals surface area contributed by atoms with Gasteiger partial charge in [-0.05, 0) is 30.0 Å². The van der Waals surface area contributed by atoms with Gasteiger partial charge in [-0.25, -0.2) is 8.42 Å². The van der Waals surface area contributed by atoms with E-state index >= 15 is 0 Å². The topological polar surface area (TPSA) is 107 Å². The summed E-state index contributed by atoms with van der Waals surface area (Å²) in [4.78, 5) is 11.1. The number of carboxylic acids is 1. The highest BCUT2D eigenvalue weighted by atomic mass is 32.2. The molecule has 0 unspecified atom stereocenters. The van der Waals surface area contributed by atoms with Crippen LogP contribution < -0.4 is 4.72 Å². The van der Waals surface area contributed by atoms with Crippen LogP contribution in [-0.4, -0.2) is 25.5 Å². The Balaban J connectivity index is 2.94. The lowest BCUT2D eigenvalue weighted by atomic mass is 10.1. The highest BCUT2D eigenvalue weighted by Gasteiger charge is 2.25. The molecule has 0 bridgehead atoms. The Kier molecular flexibility index (Phi) is 5.88. The molecule has 0 aliphatic heterocycles. The van der Waals surface area contributed by atoms with E-state index in [1.807, 2.05) is 19.9 Å². The highest BCUT2D eigenvalue weighted by molar-refractivity contribution is 7.89. The Morgan fingerprint density at radius 2 is 1.90 bits per heavy atom. The number of hydrogen-bond donors (Lipinski definition) is 2. The van der Waals surface area contributed by atoms with Gasteiger partial charge in [0, 0.05) is 0 Å². The summed E-state index contributed by atoms with van der Waals surface area (Å²) < 4.78 is 26.5. The monoisotopic (exact) mass is 310 g/mol. The lowest BCUT2D eigenvalue weighted by Crippen LogP contribution is -2.41. The normalized spacial score (nSPS) is 12.9. The van der Waals surface area contributed by atoms with Crippen molar-refractivity contribution in [3.63, 3.8) is 0 Å². The van der Waals surface area contributed by atoms with Crippen LogP contribution in [0, 0.1) is 17.2 Å². The number of nitrogens with one attached hydrogen (secondary N) is 1. The van der Waals surface area contributed by atoms with E-state index in [0.29, 0.717) is 5.56 Å². The van der Waals surface area contributed by atoms with E-state index in [4.69, 9.17) is 10.4 Å². The van der Waals surface area contributed by atoms with Gasteiger partial charge in [0.25, 0.3) is 0 Å². The SMILES string of the molecule is CC(C)C[C@@H](NS(=O)(=O)c1ccc(CC#N)cc1)C(=O)O. The molecule has 1 aromatic rings. The number of nitriles is 1. The predicted octanol–water partition coefficient (Wildman–Crippen LogP) is 1.53. The average Bonchev–Trinajstić information content (AvgIpc) is 2.38. The molecule has 1 atom stereocenters. The molecule has 6 nitrogen and oxygen atoms in total. The van der Waals surface area contributed by atoms with Crippen molar-refractivity contribution in [1.29, 1.82) is 5.26 Å². The Morgan fingerprint density at radius 3 is 2.33 bits per heavy atom. The quantitative estimate of drug-likeness (QED) is 0.794. The second-order valence-electron chi connectivity index (χ2n) is 5.12. The molecule has 0 amide bonds. The zero-order valence-electron chi connectivity index (χ0n) is 11.9. The Morgan fingerprint density at radius 1 is 1.33 bits per heavy atom. The number of aliphatic carboxylic acids is 1. The highest BCUT2D eigenvalue weighted by Crippen LogP contribution is 2.14. The van der Waals surface area contributed by atoms with Crippen molar-refractivity contribution in [3.8, 4) is 6.07 Å². The summed E-state index contributed by atoms with van der Waals surface area (Å²) >= 11 is 0. The van der Waals surface area contributed by atoms with Crippen LogP contribution in [0.25, 0.3) is 0 Å². The van der Waals surface area contributed by atoms with Gasteiger partial charge in [0.2, 0.25) is 10.0 Å². The van der Waals surface area contributed by atoms with E-state index in [1.165, 1.54) is 24.3 Å². The molecule has 1 aromatic carbocycles. The van der Waals surface area contributed by atoms with Gasteiger partial charge in [-0.3, -0.25) is 4.79 Å². The van der Waals surface area contributed by atoms with Gasteiger partial charge in [-0.15, -0.1) is 0 Å². The van der Waals surface area contributed by atoms with Crippen LogP contribution in [0.15, 0.2) is 29.2 Å². The van der Waals surface area contributed by atoms with Crippen LogP contribution in [0.2, 0.25) is 0 Å². The van der Waals surface area contributed by atoms with Crippen molar-refractivity contribution < 1.29 is 18.3 Å². The van der Waals surface area contributed by atoms with E-state index < -0.39 is 22.0 Å². The molecule has 0 radical (unpaired) electrons. The summed E-state index contributed by atoms with van der Waals surface area (Å²) in [5.74, 6) is -1.15. The third kappa shape index (κ3) is 5.17. The fourth-order valence-electron chi connectivity index (χ4n) is 1.80. The zero-order chi connectivity index (χ0) is 16.0. The molecule has 1 rings (SSSR count). The van der Waals surface area contributed by atoms with Gasteiger partial charge in [0.1, 0.15) is 6.04 Å². The average molecular weight is 310 g/mol. The number of rotatable bonds is 7. The number of nitrogens with zero attached hydrogens (tertiary/aromatic N) is 1. The number of hydrogen-bond acceptors (Lipinski definition) is 4. The number of carboxylic acid groups (broad SMARTS) is 1. The van der Waals surface area contributed by atoms with Crippen LogP contribution in [0.1, 0.15) is 25.8 Å². The number of sulfonamides is 1. The molecule has 0 heterocycles. The molecule has 114 valence electrons. The first-order chi connectivity index (χ1) is 9.76. The summed E-state index contributed by atoms with van der Waals surface area (Å²) in [6.07, 6.45) is 0.403. The maximum Gasteiger partial charge on any atom is 0.321 e. The third-order valence-corrected chi connectivity index (χ3v) is 4.31. The van der Waals surface area contributed by atoms with Crippen molar-refractivity contribution in [1.82, 2.24) is 4.72 Å². The van der Waals surface area contributed by atoms with Gasteiger partial charge in [0.05, 0.1) is 17.4 Å². The smallest absolute Gasteiger partial charge is 0.321 e. The molecular weight excluding hydrogens is 292 g/mol. The maximum atomic E-state index is 12.2. The van der Waals surface area contributed by atoms with E-state index in [0.717, 1.165) is 0 Å². The molecule has 0 aliphatic carbocycles. The first-order valence-corrected chi connectivity index (χ1v) is 7.95. The van der Waals surface area contributed by atoms with E-state index in [9.17, 15) is 13.2 Å². The third-order valence-electron chi connectivity index (χ3n) is 2.82. The minimum Gasteiger partial charge on any atom is -0.480 e. The van der Waals surface area contributed by atoms with Crippen LogP contribution >= 0.6 is 0 Å². The minimum absolute atomic E-state index is 0.0146. The molecule has 2 N–H and O–H groups in total. The molecular formula is C14H18N2O4S. The Hall–Kier alpha value is -1.91. The van der Waals surface area contributed by atoms with Crippen LogP contribution in [0.3, 0.4) is 0 Å². The summed E-state index contributed by atoms with van der Waals surface area (Å²) in [6, 6.07) is 6.61. The minimum atomic E-state index is -3.90. The van der Waals surface area contributed by atoms with Crippen molar-refractivity contribution in [2.24, 2.45) is 5.92 Å². The molecule has 7 heteroatoms. The van der Waals surface area contributed by atoms with Gasteiger partial charge in [0.15, 0.2) is 0 Å². The largest absolute Gasteiger partial charge is 0.480 e. The lowest BCUT2D eigenvalue weighted by Gasteiger charge is -2.16. The maximum absolute atomic E-state index is 12.2. The molecule has 0 aliphatic rings. The Labute approximate surface area is 124 Å². The van der Waals surface area contributed by atoms with Crippen LogP contribution in [0.5, 0.6) is 0 Å². The summed E-state index contributed by atoms with van der Waals surface area (Å²) in [5, 5.41) is 17.7. The van der Waals surface area contributed by atoms with Gasteiger partial charge in [-0.1, -0.05) is 26.0 Å². The van der Waals surface area contributed by atoms with Gasteiger partial charge in [-0.2, -0.15) is 9.98 Å². The first-order valence-electron chi connectivity index (χ1n) is 6.47. The van der Waals surface area contributed by atoms with Crippen LogP contribution in [-0.2, 0) is 21.2 Å².